The van der Waals surface area contributed by atoms with Gasteiger partial charge in [0.2, 0.25) is 0 Å². The van der Waals surface area contributed by atoms with Crippen LogP contribution in [0, 0.1) is 0 Å². The Morgan fingerprint density at radius 3 is 3.45 bits per heavy atom. The summed E-state index contributed by atoms with van der Waals surface area (Å²) in [6, 6.07) is 2.11. The highest BCUT2D eigenvalue weighted by molar-refractivity contribution is 5.77. The lowest BCUT2D eigenvalue weighted by Gasteiger charge is -2.10. The van der Waals surface area contributed by atoms with E-state index in [2.05, 4.69) is 34.1 Å². The fraction of sp³-hybridized carbons (Fsp3) is 0.375. The molecular formula is C8H11N3. The summed E-state index contributed by atoms with van der Waals surface area (Å²) in [6.07, 6.45) is 3.85. The number of aryl methyl sites for hydroxylation is 1. The molecule has 2 rings (SSSR count). The van der Waals surface area contributed by atoms with Crippen LogP contribution in [0.5, 0.6) is 0 Å². The van der Waals surface area contributed by atoms with Crippen molar-refractivity contribution in [2.45, 2.75) is 20.0 Å². The maximum absolute atomic E-state index is 4.12. The molecule has 0 saturated heterocycles. The van der Waals surface area contributed by atoms with Gasteiger partial charge in [-0.15, -0.1) is 0 Å². The van der Waals surface area contributed by atoms with Gasteiger partial charge in [-0.25, -0.2) is 0 Å². The van der Waals surface area contributed by atoms with Gasteiger partial charge in [-0.05, 0) is 13.0 Å². The summed E-state index contributed by atoms with van der Waals surface area (Å²) in [4.78, 5) is 4.12. The molecule has 0 bridgehead atoms. The van der Waals surface area contributed by atoms with Crippen LogP contribution in [0.1, 0.15) is 12.5 Å². The Bertz CT molecular complexity index is 286. The van der Waals surface area contributed by atoms with Crippen LogP contribution in [0.2, 0.25) is 0 Å². The Labute approximate surface area is 65.7 Å². The molecular weight excluding hydrogens is 138 g/mol. The first-order valence-electron chi connectivity index (χ1n) is 3.84. The summed E-state index contributed by atoms with van der Waals surface area (Å²) in [5.41, 5.74) is 1.29. The van der Waals surface area contributed by atoms with Crippen LogP contribution in [0.15, 0.2) is 17.3 Å². The van der Waals surface area contributed by atoms with Crippen LogP contribution in [-0.4, -0.2) is 10.9 Å². The third-order valence-electron chi connectivity index (χ3n) is 1.94. The van der Waals surface area contributed by atoms with E-state index in [-0.39, 0.29) is 0 Å². The molecule has 0 aromatic carbocycles. The third-order valence-corrected chi connectivity index (χ3v) is 1.94. The number of nitrogens with zero attached hydrogens (tertiary/aromatic N) is 2. The van der Waals surface area contributed by atoms with Crippen LogP contribution in [0.25, 0.3) is 0 Å². The zero-order valence-electron chi connectivity index (χ0n) is 6.54. The Morgan fingerprint density at radius 2 is 2.64 bits per heavy atom. The lowest BCUT2D eigenvalue weighted by molar-refractivity contribution is 0.774. The van der Waals surface area contributed by atoms with Crippen molar-refractivity contribution in [3.05, 3.63) is 17.8 Å². The van der Waals surface area contributed by atoms with E-state index in [9.17, 15) is 0 Å². The van der Waals surface area contributed by atoms with Gasteiger partial charge in [0.25, 0.3) is 0 Å². The molecule has 1 aliphatic heterocycles. The van der Waals surface area contributed by atoms with Crippen molar-refractivity contribution in [3.63, 3.8) is 0 Å². The normalized spacial score (nSPS) is 14.3. The van der Waals surface area contributed by atoms with Crippen LogP contribution in [0.4, 0.5) is 5.82 Å². The monoisotopic (exact) mass is 149 g/mol. The zero-order valence-corrected chi connectivity index (χ0v) is 6.54. The topological polar surface area (TPSA) is 29.3 Å². The van der Waals surface area contributed by atoms with Gasteiger partial charge in [0.05, 0.1) is 12.9 Å². The van der Waals surface area contributed by atoms with Crippen LogP contribution >= 0.6 is 0 Å². The van der Waals surface area contributed by atoms with Gasteiger partial charge in [0.1, 0.15) is 5.82 Å². The number of fused-ring (bicyclic) bond motifs is 1. The first-order valence-corrected chi connectivity index (χ1v) is 3.84. The number of anilines is 1. The maximum atomic E-state index is 4.12. The average molecular weight is 149 g/mol. The zero-order chi connectivity index (χ0) is 7.68. The molecule has 0 spiro atoms. The molecule has 58 valence electrons. The Balaban J connectivity index is 2.42. The molecule has 0 unspecified atom stereocenters. The summed E-state index contributed by atoms with van der Waals surface area (Å²) in [7, 11) is 0. The number of rotatable bonds is 1. The molecule has 0 amide bonds. The predicted octanol–water partition coefficient (Wildman–Crippen LogP) is 1.46. The third kappa shape index (κ3) is 0.926. The number of aliphatic imine (C=N–C) groups is 1. The number of nitrogens with one attached hydrogen (secondary N) is 1. The summed E-state index contributed by atoms with van der Waals surface area (Å²) in [6.45, 7) is 3.96. The Kier molecular flexibility index (Phi) is 1.42. The van der Waals surface area contributed by atoms with E-state index in [1.54, 1.807) is 6.34 Å². The molecule has 0 fully saturated rings. The van der Waals surface area contributed by atoms with Crippen LogP contribution in [0.3, 0.4) is 0 Å². The fourth-order valence-corrected chi connectivity index (χ4v) is 1.34. The number of aromatic nitrogens is 1. The largest absolute Gasteiger partial charge is 0.335 e. The highest BCUT2D eigenvalue weighted by Crippen LogP contribution is 2.19. The van der Waals surface area contributed by atoms with Gasteiger partial charge in [0, 0.05) is 18.3 Å². The molecule has 2 heterocycles. The second kappa shape index (κ2) is 2.42. The Hall–Kier alpha value is -1.25. The summed E-state index contributed by atoms with van der Waals surface area (Å²) in [5, 5.41) is 3.13. The highest BCUT2D eigenvalue weighted by Gasteiger charge is 2.08. The number of hydrogen-bond acceptors (Lipinski definition) is 2. The van der Waals surface area contributed by atoms with Gasteiger partial charge in [0.15, 0.2) is 0 Å². The van der Waals surface area contributed by atoms with Crippen LogP contribution < -0.4 is 5.32 Å². The minimum Gasteiger partial charge on any atom is -0.335 e. The number of hydrogen-bond donors (Lipinski definition) is 1. The van der Waals surface area contributed by atoms with E-state index in [1.807, 2.05) is 0 Å². The molecule has 0 atom stereocenters. The molecule has 0 aliphatic carbocycles. The van der Waals surface area contributed by atoms with Gasteiger partial charge >= 0.3 is 0 Å². The SMILES string of the molecule is CCn1ccc2c1NC=NC2. The standard InChI is InChI=1S/C8H11N3/c1-2-11-4-3-7-5-9-6-10-8(7)11/h3-4,6H,2,5H2,1H3,(H,9,10). The second-order valence-corrected chi connectivity index (χ2v) is 2.59. The van der Waals surface area contributed by atoms with Gasteiger partial charge in [-0.1, -0.05) is 0 Å². The highest BCUT2D eigenvalue weighted by atomic mass is 15.1. The van der Waals surface area contributed by atoms with Crippen molar-refractivity contribution < 1.29 is 0 Å². The molecule has 0 saturated carbocycles. The summed E-state index contributed by atoms with van der Waals surface area (Å²) in [5.74, 6) is 1.20. The molecule has 3 heteroatoms. The smallest absolute Gasteiger partial charge is 0.116 e. The predicted molar refractivity (Wildman–Crippen MR) is 45.9 cm³/mol. The molecule has 1 N–H and O–H groups in total. The molecule has 11 heavy (non-hydrogen) atoms. The first-order chi connectivity index (χ1) is 5.42. The molecule has 1 aliphatic rings. The Morgan fingerprint density at radius 1 is 1.73 bits per heavy atom. The van der Waals surface area contributed by atoms with Crippen molar-refractivity contribution in [2.75, 3.05) is 5.32 Å². The van der Waals surface area contributed by atoms with Crippen molar-refractivity contribution in [3.8, 4) is 0 Å². The maximum Gasteiger partial charge on any atom is 0.116 e. The van der Waals surface area contributed by atoms with Crippen molar-refractivity contribution in [1.29, 1.82) is 0 Å². The summed E-state index contributed by atoms with van der Waals surface area (Å²) >= 11 is 0. The van der Waals surface area contributed by atoms with Crippen LogP contribution in [-0.2, 0) is 13.1 Å². The average Bonchev–Trinajstić information content (AvgIpc) is 2.47. The summed E-state index contributed by atoms with van der Waals surface area (Å²) < 4.78 is 2.18. The minimum absolute atomic E-state index is 0.815. The van der Waals surface area contributed by atoms with E-state index in [1.165, 1.54) is 11.4 Å². The van der Waals surface area contributed by atoms with E-state index in [0.717, 1.165) is 13.1 Å². The molecule has 1 aromatic heterocycles. The van der Waals surface area contributed by atoms with Gasteiger partial charge < -0.3 is 9.88 Å². The van der Waals surface area contributed by atoms with E-state index in [4.69, 9.17) is 0 Å². The minimum atomic E-state index is 0.815. The van der Waals surface area contributed by atoms with Gasteiger partial charge in [-0.2, -0.15) is 0 Å². The molecule has 3 nitrogen and oxygen atoms in total. The molecule has 0 radical (unpaired) electrons. The quantitative estimate of drug-likeness (QED) is 0.643. The lowest BCUT2D eigenvalue weighted by atomic mass is 10.3. The van der Waals surface area contributed by atoms with Crippen molar-refractivity contribution in [1.82, 2.24) is 4.57 Å². The second-order valence-electron chi connectivity index (χ2n) is 2.59. The van der Waals surface area contributed by atoms with Gasteiger partial charge in [-0.3, -0.25) is 4.99 Å². The van der Waals surface area contributed by atoms with E-state index in [0.29, 0.717) is 0 Å². The lowest BCUT2D eigenvalue weighted by Crippen LogP contribution is -2.08. The molecule has 1 aromatic rings. The fourth-order valence-electron chi connectivity index (χ4n) is 1.34. The first kappa shape index (κ1) is 6.46. The van der Waals surface area contributed by atoms with Crippen molar-refractivity contribution in [2.24, 2.45) is 4.99 Å². The van der Waals surface area contributed by atoms with Crippen molar-refractivity contribution >= 4 is 12.2 Å². The van der Waals surface area contributed by atoms with E-state index >= 15 is 0 Å². The van der Waals surface area contributed by atoms with E-state index < -0.39 is 0 Å².